The van der Waals surface area contributed by atoms with Crippen LogP contribution < -0.4 is 5.32 Å². The molecule has 1 aromatic rings. The second-order valence-corrected chi connectivity index (χ2v) is 6.29. The van der Waals surface area contributed by atoms with E-state index in [4.69, 9.17) is 5.26 Å². The molecule has 3 heteroatoms. The Kier molecular flexibility index (Phi) is 4.80. The average Bonchev–Trinajstić information content (AvgIpc) is 2.41. The van der Waals surface area contributed by atoms with Gasteiger partial charge < -0.3 is 10.4 Å². The van der Waals surface area contributed by atoms with Gasteiger partial charge in [-0.05, 0) is 36.5 Å². The van der Waals surface area contributed by atoms with Crippen LogP contribution in [0.1, 0.15) is 44.2 Å². The molecule has 108 valence electrons. The summed E-state index contributed by atoms with van der Waals surface area (Å²) in [5.74, 6) is 0.501. The second kappa shape index (κ2) is 6.39. The van der Waals surface area contributed by atoms with Crippen molar-refractivity contribution in [3.63, 3.8) is 0 Å². The van der Waals surface area contributed by atoms with E-state index in [-0.39, 0.29) is 12.0 Å². The molecule has 0 heterocycles. The molecule has 0 aromatic heterocycles. The minimum Gasteiger partial charge on any atom is -0.396 e. The summed E-state index contributed by atoms with van der Waals surface area (Å²) in [7, 11) is 0. The number of nitrogens with zero attached hydrogens (tertiary/aromatic N) is 1. The lowest BCUT2D eigenvalue weighted by Crippen LogP contribution is -2.54. The quantitative estimate of drug-likeness (QED) is 0.837. The molecule has 3 nitrogen and oxygen atoms in total. The number of benzene rings is 1. The minimum atomic E-state index is 0.0702. The lowest BCUT2D eigenvalue weighted by Gasteiger charge is -2.48. The van der Waals surface area contributed by atoms with Crippen LogP contribution in [0.15, 0.2) is 24.3 Å². The molecule has 0 radical (unpaired) electrons. The topological polar surface area (TPSA) is 56.0 Å². The smallest absolute Gasteiger partial charge is 0.0991 e. The Balaban J connectivity index is 2.00. The van der Waals surface area contributed by atoms with Gasteiger partial charge in [-0.1, -0.05) is 32.4 Å². The SMILES string of the molecule is CC(C)C(NCc1ccc(C#N)cc1)C1(CO)CCC1. The van der Waals surface area contributed by atoms with Gasteiger partial charge in [0, 0.05) is 18.0 Å². The van der Waals surface area contributed by atoms with Gasteiger partial charge in [0.15, 0.2) is 0 Å². The predicted octanol–water partition coefficient (Wildman–Crippen LogP) is 2.84. The van der Waals surface area contributed by atoms with Crippen molar-refractivity contribution < 1.29 is 5.11 Å². The highest BCUT2D eigenvalue weighted by Crippen LogP contribution is 2.45. The molecule has 0 spiro atoms. The summed E-state index contributed by atoms with van der Waals surface area (Å²) in [6, 6.07) is 10.2. The maximum absolute atomic E-state index is 9.75. The summed E-state index contributed by atoms with van der Waals surface area (Å²) in [4.78, 5) is 0. The Morgan fingerprint density at radius 1 is 1.30 bits per heavy atom. The Morgan fingerprint density at radius 3 is 2.35 bits per heavy atom. The van der Waals surface area contributed by atoms with E-state index in [0.717, 1.165) is 19.4 Å². The molecule has 1 unspecified atom stereocenters. The Bertz CT molecular complexity index is 463. The van der Waals surface area contributed by atoms with Crippen molar-refractivity contribution in [3.05, 3.63) is 35.4 Å². The van der Waals surface area contributed by atoms with E-state index in [0.29, 0.717) is 17.5 Å². The van der Waals surface area contributed by atoms with Crippen LogP contribution in [-0.4, -0.2) is 17.8 Å². The van der Waals surface area contributed by atoms with Gasteiger partial charge in [0.25, 0.3) is 0 Å². The van der Waals surface area contributed by atoms with Gasteiger partial charge in [0.1, 0.15) is 0 Å². The Hall–Kier alpha value is -1.37. The molecular weight excluding hydrogens is 248 g/mol. The monoisotopic (exact) mass is 272 g/mol. The number of aliphatic hydroxyl groups is 1. The van der Waals surface area contributed by atoms with Gasteiger partial charge in [-0.3, -0.25) is 0 Å². The van der Waals surface area contributed by atoms with Crippen molar-refractivity contribution in [2.45, 2.75) is 45.7 Å². The number of nitrogens with one attached hydrogen (secondary N) is 1. The molecular formula is C17H24N2O. The highest BCUT2D eigenvalue weighted by molar-refractivity contribution is 5.31. The number of hydrogen-bond acceptors (Lipinski definition) is 3. The zero-order valence-electron chi connectivity index (χ0n) is 12.4. The first-order valence-electron chi connectivity index (χ1n) is 7.44. The predicted molar refractivity (Wildman–Crippen MR) is 80.0 cm³/mol. The number of aliphatic hydroxyl groups excluding tert-OH is 1. The van der Waals surface area contributed by atoms with E-state index in [2.05, 4.69) is 25.2 Å². The third-order valence-corrected chi connectivity index (χ3v) is 4.60. The molecule has 0 aliphatic heterocycles. The molecule has 2 rings (SSSR count). The number of nitriles is 1. The van der Waals surface area contributed by atoms with E-state index in [1.54, 1.807) is 0 Å². The van der Waals surface area contributed by atoms with Crippen molar-refractivity contribution >= 4 is 0 Å². The van der Waals surface area contributed by atoms with E-state index in [9.17, 15) is 5.11 Å². The fraction of sp³-hybridized carbons (Fsp3) is 0.588. The van der Waals surface area contributed by atoms with Crippen LogP contribution in [-0.2, 0) is 6.54 Å². The normalized spacial score (nSPS) is 18.4. The number of rotatable bonds is 6. The zero-order valence-corrected chi connectivity index (χ0v) is 12.4. The first kappa shape index (κ1) is 15.0. The van der Waals surface area contributed by atoms with Crippen molar-refractivity contribution in [1.82, 2.24) is 5.32 Å². The summed E-state index contributed by atoms with van der Waals surface area (Å²) in [5, 5.41) is 22.2. The lowest BCUT2D eigenvalue weighted by atomic mass is 9.62. The van der Waals surface area contributed by atoms with Crippen LogP contribution in [0.25, 0.3) is 0 Å². The van der Waals surface area contributed by atoms with Crippen LogP contribution in [0.3, 0.4) is 0 Å². The summed E-state index contributed by atoms with van der Waals surface area (Å²) < 4.78 is 0. The highest BCUT2D eigenvalue weighted by atomic mass is 16.3. The van der Waals surface area contributed by atoms with Crippen LogP contribution in [0.5, 0.6) is 0 Å². The Labute approximate surface area is 121 Å². The van der Waals surface area contributed by atoms with Gasteiger partial charge in [0.05, 0.1) is 18.2 Å². The fourth-order valence-electron chi connectivity index (χ4n) is 3.28. The standard InChI is InChI=1S/C17H24N2O/c1-13(2)16(17(12-20)8-3-9-17)19-11-15-6-4-14(10-18)5-7-15/h4-7,13,16,19-20H,3,8-9,11-12H2,1-2H3. The molecule has 1 atom stereocenters. The third-order valence-electron chi connectivity index (χ3n) is 4.60. The lowest BCUT2D eigenvalue weighted by molar-refractivity contribution is -0.0101. The van der Waals surface area contributed by atoms with Crippen LogP contribution >= 0.6 is 0 Å². The summed E-state index contributed by atoms with van der Waals surface area (Å²) in [5.41, 5.74) is 1.95. The third kappa shape index (κ3) is 3.03. The van der Waals surface area contributed by atoms with Gasteiger partial charge in [0.2, 0.25) is 0 Å². The fourth-order valence-corrected chi connectivity index (χ4v) is 3.28. The van der Waals surface area contributed by atoms with Crippen LogP contribution in [0.2, 0.25) is 0 Å². The maximum Gasteiger partial charge on any atom is 0.0991 e. The zero-order chi connectivity index (χ0) is 14.6. The van der Waals surface area contributed by atoms with Crippen molar-refractivity contribution in [1.29, 1.82) is 5.26 Å². The summed E-state index contributed by atoms with van der Waals surface area (Å²) >= 11 is 0. The van der Waals surface area contributed by atoms with Crippen molar-refractivity contribution in [3.8, 4) is 6.07 Å². The van der Waals surface area contributed by atoms with E-state index >= 15 is 0 Å². The van der Waals surface area contributed by atoms with Crippen LogP contribution in [0.4, 0.5) is 0 Å². The molecule has 1 aliphatic carbocycles. The maximum atomic E-state index is 9.75. The van der Waals surface area contributed by atoms with Crippen molar-refractivity contribution in [2.75, 3.05) is 6.61 Å². The Morgan fingerprint density at radius 2 is 1.95 bits per heavy atom. The highest BCUT2D eigenvalue weighted by Gasteiger charge is 2.44. The molecule has 0 saturated heterocycles. The average molecular weight is 272 g/mol. The molecule has 1 saturated carbocycles. The van der Waals surface area contributed by atoms with Crippen molar-refractivity contribution in [2.24, 2.45) is 11.3 Å². The molecule has 0 amide bonds. The second-order valence-electron chi connectivity index (χ2n) is 6.29. The van der Waals surface area contributed by atoms with Gasteiger partial charge in [-0.25, -0.2) is 0 Å². The van der Waals surface area contributed by atoms with Crippen LogP contribution in [0, 0.1) is 22.7 Å². The molecule has 1 aliphatic rings. The summed E-state index contributed by atoms with van der Waals surface area (Å²) in [6.07, 6.45) is 3.46. The van der Waals surface area contributed by atoms with Gasteiger partial charge in [-0.15, -0.1) is 0 Å². The molecule has 2 N–H and O–H groups in total. The summed E-state index contributed by atoms with van der Waals surface area (Å²) in [6.45, 7) is 5.49. The number of hydrogen-bond donors (Lipinski definition) is 2. The molecule has 20 heavy (non-hydrogen) atoms. The molecule has 1 fully saturated rings. The minimum absolute atomic E-state index is 0.0702. The van der Waals surface area contributed by atoms with E-state index in [1.165, 1.54) is 12.0 Å². The van der Waals surface area contributed by atoms with Gasteiger partial charge in [-0.2, -0.15) is 5.26 Å². The first-order chi connectivity index (χ1) is 9.61. The largest absolute Gasteiger partial charge is 0.396 e. The van der Waals surface area contributed by atoms with E-state index in [1.807, 2.05) is 24.3 Å². The van der Waals surface area contributed by atoms with Gasteiger partial charge >= 0.3 is 0 Å². The molecule has 1 aromatic carbocycles. The van der Waals surface area contributed by atoms with E-state index < -0.39 is 0 Å². The first-order valence-corrected chi connectivity index (χ1v) is 7.44. The molecule has 0 bridgehead atoms.